The molecule has 0 N–H and O–H groups in total. The van der Waals surface area contributed by atoms with Gasteiger partial charge in [-0.3, -0.25) is 14.4 Å². The number of carbonyl (C=O) groups is 3. The van der Waals surface area contributed by atoms with E-state index in [0.29, 0.717) is 0 Å². The number of carbonyl (C=O) groups excluding carboxylic acids is 3. The molecule has 6 heterocycles. The van der Waals surface area contributed by atoms with Crippen LogP contribution in [0.2, 0.25) is 0 Å². The molecular weight excluding hydrogens is 859 g/mol. The third-order valence-electron chi connectivity index (χ3n) is 14.8. The Morgan fingerprint density at radius 1 is 0.429 bits per heavy atom. The molecule has 3 aromatic heterocycles. The molecule has 70 heavy (non-hydrogen) atoms. The van der Waals surface area contributed by atoms with E-state index in [9.17, 15) is 14.4 Å². The average molecular weight is 915 g/mol. The first-order valence-electron chi connectivity index (χ1n) is 24.3. The van der Waals surface area contributed by atoms with Crippen molar-refractivity contribution in [2.45, 2.75) is 78.9 Å². The van der Waals surface area contributed by atoms with Gasteiger partial charge < -0.3 is 0 Å². The summed E-state index contributed by atoms with van der Waals surface area (Å²) in [5, 5.41) is 2.53. The predicted octanol–water partition coefficient (Wildman–Crippen LogP) is 12.4. The van der Waals surface area contributed by atoms with Crippen LogP contribution in [-0.4, -0.2) is 17.3 Å². The minimum Gasteiger partial charge on any atom is -0.294 e. The first-order chi connectivity index (χ1) is 33.6. The Balaban J connectivity index is 0.000000115. The maximum absolute atomic E-state index is 12.9. The molecule has 1 aliphatic carbocycles. The number of Topliss-reactive ketones (excluding diaryl/α,β-unsaturated/α-hetero) is 2. The van der Waals surface area contributed by atoms with Crippen molar-refractivity contribution in [2.75, 3.05) is 0 Å². The van der Waals surface area contributed by atoms with Gasteiger partial charge in [0.25, 0.3) is 0 Å². The first kappa shape index (κ1) is 44.5. The van der Waals surface area contributed by atoms with E-state index in [4.69, 9.17) is 0 Å². The Morgan fingerprint density at radius 3 is 1.51 bits per heavy atom. The highest BCUT2D eigenvalue weighted by Gasteiger charge is 2.39. The Labute approximate surface area is 410 Å². The maximum Gasteiger partial charge on any atom is 0.213 e. The van der Waals surface area contributed by atoms with Crippen molar-refractivity contribution >= 4 is 28.1 Å². The van der Waals surface area contributed by atoms with Gasteiger partial charge in [0.05, 0.1) is 33.4 Å². The number of hydrogen-bond donors (Lipinski definition) is 0. The fraction of sp³-hybridized carbons (Fsp3) is 0.188. The molecule has 0 amide bonds. The van der Waals surface area contributed by atoms with E-state index in [-0.39, 0.29) is 28.2 Å². The van der Waals surface area contributed by atoms with Gasteiger partial charge in [0, 0.05) is 45.9 Å². The molecule has 0 saturated carbocycles. The maximum atomic E-state index is 12.9. The molecule has 4 aliphatic rings. The predicted molar refractivity (Wildman–Crippen MR) is 277 cm³/mol. The van der Waals surface area contributed by atoms with Crippen LogP contribution >= 0.6 is 0 Å². The Morgan fingerprint density at radius 2 is 0.900 bits per heavy atom. The molecule has 0 saturated heterocycles. The zero-order valence-corrected chi connectivity index (χ0v) is 40.9. The van der Waals surface area contributed by atoms with E-state index in [2.05, 4.69) is 176 Å². The van der Waals surface area contributed by atoms with Crippen molar-refractivity contribution in [2.24, 2.45) is 0 Å². The van der Waals surface area contributed by atoms with E-state index >= 15 is 0 Å². The lowest BCUT2D eigenvalue weighted by molar-refractivity contribution is -0.672. The van der Waals surface area contributed by atoms with Crippen molar-refractivity contribution in [1.29, 1.82) is 0 Å². The molecule has 0 unspecified atom stereocenters. The summed E-state index contributed by atoms with van der Waals surface area (Å²) in [5.74, 6) is 0.303. The smallest absolute Gasteiger partial charge is 0.213 e. The second-order valence-corrected chi connectivity index (χ2v) is 20.8. The van der Waals surface area contributed by atoms with Crippen LogP contribution in [0.15, 0.2) is 176 Å². The summed E-state index contributed by atoms with van der Waals surface area (Å²) in [5.41, 5.74) is 21.3. The summed E-state index contributed by atoms with van der Waals surface area (Å²) >= 11 is 0. The number of aromatic nitrogens is 3. The Kier molecular flexibility index (Phi) is 10.8. The number of rotatable bonds is 4. The van der Waals surface area contributed by atoms with Gasteiger partial charge in [-0.15, -0.1) is 0 Å². The topological polar surface area (TPSA) is 62.9 Å². The van der Waals surface area contributed by atoms with Gasteiger partial charge in [-0.25, -0.2) is 0 Å². The SMILES string of the molecule is CC(=O)c1ccc2[n+](c1)Cc1cc3c(cc1-2)C(C)(C)c1ccccc1-3.CC(=O)c1ccc2[n+](c1)Cc1cc3ccccc3cc1-2.CC(C)(C)c1ccc(C(=O)c2ccc3[n+](c2)Cc2ccccc2-3)cc1. The largest absolute Gasteiger partial charge is 0.294 e. The van der Waals surface area contributed by atoms with Crippen molar-refractivity contribution in [1.82, 2.24) is 0 Å². The minimum absolute atomic E-state index is 0.0215. The zero-order valence-electron chi connectivity index (χ0n) is 40.9. The number of pyridine rings is 3. The van der Waals surface area contributed by atoms with Gasteiger partial charge in [0.1, 0.15) is 0 Å². The molecule has 6 nitrogen and oxygen atoms in total. The van der Waals surface area contributed by atoms with Crippen LogP contribution in [0.5, 0.6) is 0 Å². The highest BCUT2D eigenvalue weighted by Crippen LogP contribution is 2.50. The molecule has 0 atom stereocenters. The number of hydrogen-bond acceptors (Lipinski definition) is 3. The molecule has 342 valence electrons. The molecular formula is C64H56N3O3+3. The fourth-order valence-electron chi connectivity index (χ4n) is 10.9. The van der Waals surface area contributed by atoms with E-state index in [1.54, 1.807) is 13.8 Å². The van der Waals surface area contributed by atoms with Gasteiger partial charge in [0.2, 0.25) is 17.1 Å². The van der Waals surface area contributed by atoms with E-state index < -0.39 is 0 Å². The van der Waals surface area contributed by atoms with Crippen molar-refractivity contribution in [3.63, 3.8) is 0 Å². The second-order valence-electron chi connectivity index (χ2n) is 20.8. The molecule has 0 fully saturated rings. The van der Waals surface area contributed by atoms with Crippen LogP contribution < -0.4 is 13.7 Å². The van der Waals surface area contributed by atoms with Gasteiger partial charge >= 0.3 is 0 Å². The van der Waals surface area contributed by atoms with E-state index in [0.717, 1.165) is 41.9 Å². The van der Waals surface area contributed by atoms with Gasteiger partial charge in [-0.2, -0.15) is 13.7 Å². The summed E-state index contributed by atoms with van der Waals surface area (Å²) in [4.78, 5) is 36.1. The van der Waals surface area contributed by atoms with Gasteiger partial charge in [-0.1, -0.05) is 126 Å². The molecule has 0 radical (unpaired) electrons. The quantitative estimate of drug-likeness (QED) is 0.131. The standard InChI is InChI=1S/C23H20NO.C23H22NO.C18H14NO/c1-14(25)15-8-9-22-18-11-21-19(10-16(18)13-24(22)12-15)17-6-4-5-7-20(17)23(21,2)3;1-23(2,3)19-11-8-16(9-12-19)22(25)18-10-13-21-20-7-5-4-6-17(20)14-24(21)15-18;1-12(20)15-6-7-18-17-9-14-5-3-2-4-13(14)8-16(17)11-19(18)10-15/h4-12H,13H2,1-3H3;4-13,15H,14H2,1-3H3;2-10H,11H2,1H3/q3*+1. The Bertz CT molecular complexity index is 3670. The minimum atomic E-state index is 0.0215. The molecule has 3 aliphatic heterocycles. The third kappa shape index (κ3) is 7.78. The van der Waals surface area contributed by atoms with Crippen LogP contribution in [0.1, 0.15) is 118 Å². The number of benzene rings is 6. The molecule has 6 aromatic carbocycles. The van der Waals surface area contributed by atoms with Crippen molar-refractivity contribution in [3.05, 3.63) is 232 Å². The van der Waals surface area contributed by atoms with Crippen molar-refractivity contribution < 1.29 is 28.1 Å². The highest BCUT2D eigenvalue weighted by molar-refractivity contribution is 6.08. The summed E-state index contributed by atoms with van der Waals surface area (Å²) < 4.78 is 6.54. The normalized spacial score (nSPS) is 13.5. The Hall–Kier alpha value is -7.96. The molecule has 6 heteroatoms. The van der Waals surface area contributed by atoms with Crippen LogP contribution in [0.4, 0.5) is 0 Å². The third-order valence-corrected chi connectivity index (χ3v) is 14.8. The van der Waals surface area contributed by atoms with Crippen LogP contribution in [0.3, 0.4) is 0 Å². The van der Waals surface area contributed by atoms with E-state index in [1.807, 2.05) is 48.9 Å². The second kappa shape index (κ2) is 16.9. The summed E-state index contributed by atoms with van der Waals surface area (Å²) in [7, 11) is 0. The van der Waals surface area contributed by atoms with Gasteiger partial charge in [0.15, 0.2) is 55.6 Å². The lowest BCUT2D eigenvalue weighted by Gasteiger charge is -2.21. The molecule has 0 spiro atoms. The first-order valence-corrected chi connectivity index (χ1v) is 24.3. The highest BCUT2D eigenvalue weighted by atomic mass is 16.1. The van der Waals surface area contributed by atoms with Gasteiger partial charge in [-0.05, 0) is 106 Å². The zero-order chi connectivity index (χ0) is 48.6. The summed E-state index contributed by atoms with van der Waals surface area (Å²) in [6.45, 7) is 16.9. The average Bonchev–Trinajstić information content (AvgIpc) is 4.09. The lowest BCUT2D eigenvalue weighted by atomic mass is 9.81. The summed E-state index contributed by atoms with van der Waals surface area (Å²) in [6, 6.07) is 54.8. The number of nitrogens with zero attached hydrogens (tertiary/aromatic N) is 3. The molecule has 13 rings (SSSR count). The van der Waals surface area contributed by atoms with Crippen molar-refractivity contribution in [3.8, 4) is 44.9 Å². The number of fused-ring (bicyclic) bond motifs is 13. The molecule has 9 aromatic rings. The number of ketones is 3. The van der Waals surface area contributed by atoms with Crippen LogP contribution in [-0.2, 0) is 30.5 Å². The summed E-state index contributed by atoms with van der Waals surface area (Å²) in [6.07, 6.45) is 5.93. The lowest BCUT2D eigenvalue weighted by Crippen LogP contribution is -2.33. The van der Waals surface area contributed by atoms with E-state index in [1.165, 1.54) is 89.1 Å². The van der Waals surface area contributed by atoms with Crippen LogP contribution in [0, 0.1) is 0 Å². The van der Waals surface area contributed by atoms with Crippen LogP contribution in [0.25, 0.3) is 55.7 Å². The monoisotopic (exact) mass is 914 g/mol. The molecule has 0 bridgehead atoms. The fourth-order valence-corrected chi connectivity index (χ4v) is 10.9.